The zero-order valence-electron chi connectivity index (χ0n) is 28.7. The van der Waals surface area contributed by atoms with Gasteiger partial charge in [-0.05, 0) is 85.1 Å². The lowest BCUT2D eigenvalue weighted by molar-refractivity contribution is -0.120. The molecule has 0 spiro atoms. The van der Waals surface area contributed by atoms with Crippen LogP contribution in [0.4, 0.5) is 0 Å². The molecule has 2 unspecified atom stereocenters. The number of carbonyl (C=O) groups excluding carboxylic acids is 2. The molecule has 0 radical (unpaired) electrons. The number of methoxy groups -OCH3 is 6. The average molecular weight is 659 g/mol. The molecule has 0 heterocycles. The molecule has 0 aromatic heterocycles. The number of ether oxygens (including phenoxy) is 6. The Labute approximate surface area is 282 Å². The molecular weight excluding hydrogens is 612 g/mol. The summed E-state index contributed by atoms with van der Waals surface area (Å²) in [7, 11) is 9.60. The van der Waals surface area contributed by atoms with Gasteiger partial charge in [-0.25, -0.2) is 0 Å². The Morgan fingerprint density at radius 1 is 0.583 bits per heavy atom. The molecule has 2 aromatic rings. The van der Waals surface area contributed by atoms with Gasteiger partial charge < -0.3 is 39.1 Å². The zero-order valence-corrected chi connectivity index (χ0v) is 28.7. The van der Waals surface area contributed by atoms with Crippen LogP contribution in [0.25, 0.3) is 12.2 Å². The molecule has 10 nitrogen and oxygen atoms in total. The molecule has 0 saturated heterocycles. The molecule has 2 aromatic carbocycles. The maximum atomic E-state index is 13.1. The van der Waals surface area contributed by atoms with Crippen molar-refractivity contribution in [1.29, 1.82) is 0 Å². The van der Waals surface area contributed by atoms with E-state index in [4.69, 9.17) is 28.4 Å². The van der Waals surface area contributed by atoms with Gasteiger partial charge in [-0.3, -0.25) is 9.59 Å². The molecule has 2 atom stereocenters. The summed E-state index contributed by atoms with van der Waals surface area (Å²) in [5.41, 5.74) is 6.08. The van der Waals surface area contributed by atoms with Gasteiger partial charge >= 0.3 is 0 Å². The van der Waals surface area contributed by atoms with E-state index in [0.717, 1.165) is 84.8 Å². The minimum absolute atomic E-state index is 0.154. The highest BCUT2D eigenvalue weighted by molar-refractivity contribution is 5.90. The van der Waals surface area contributed by atoms with Gasteiger partial charge in [0.1, 0.15) is 0 Å². The fourth-order valence-corrected chi connectivity index (χ4v) is 6.83. The second kappa shape index (κ2) is 15.8. The average Bonchev–Trinajstić information content (AvgIpc) is 3.11. The van der Waals surface area contributed by atoms with Gasteiger partial charge in [0.15, 0.2) is 23.0 Å². The molecule has 0 bridgehead atoms. The topological polar surface area (TPSA) is 114 Å². The molecule has 0 aliphatic heterocycles. The predicted octanol–water partition coefficient (Wildman–Crippen LogP) is 5.75. The van der Waals surface area contributed by atoms with Gasteiger partial charge in [0.25, 0.3) is 0 Å². The van der Waals surface area contributed by atoms with E-state index in [1.165, 1.54) is 0 Å². The molecule has 10 heteroatoms. The van der Waals surface area contributed by atoms with E-state index < -0.39 is 0 Å². The van der Waals surface area contributed by atoms with Crippen LogP contribution < -0.4 is 39.1 Å². The van der Waals surface area contributed by atoms with E-state index in [-0.39, 0.29) is 23.9 Å². The summed E-state index contributed by atoms with van der Waals surface area (Å²) < 4.78 is 33.4. The number of hydrogen-bond donors (Lipinski definition) is 2. The monoisotopic (exact) mass is 658 g/mol. The number of allylic oxidation sites excluding steroid dienone is 4. The first-order valence-electron chi connectivity index (χ1n) is 16.4. The Morgan fingerprint density at radius 3 is 1.33 bits per heavy atom. The molecule has 3 aliphatic carbocycles. The van der Waals surface area contributed by atoms with Crippen LogP contribution in [-0.4, -0.2) is 66.6 Å². The minimum Gasteiger partial charge on any atom is -0.493 e. The molecule has 1 saturated carbocycles. The lowest BCUT2D eigenvalue weighted by atomic mass is 9.89. The molecule has 2 N–H and O–H groups in total. The molecule has 256 valence electrons. The molecule has 1 fully saturated rings. The van der Waals surface area contributed by atoms with Gasteiger partial charge in [-0.1, -0.05) is 25.0 Å². The Bertz CT molecular complexity index is 1530. The van der Waals surface area contributed by atoms with Crippen molar-refractivity contribution in [3.8, 4) is 34.5 Å². The Morgan fingerprint density at radius 2 is 0.979 bits per heavy atom. The number of amides is 2. The van der Waals surface area contributed by atoms with Crippen LogP contribution in [-0.2, 0) is 22.4 Å². The molecule has 5 rings (SSSR count). The first-order chi connectivity index (χ1) is 23.3. The van der Waals surface area contributed by atoms with Crippen molar-refractivity contribution in [3.63, 3.8) is 0 Å². The summed E-state index contributed by atoms with van der Waals surface area (Å²) in [6, 6.07) is 3.65. The summed E-state index contributed by atoms with van der Waals surface area (Å²) in [5, 5.41) is 6.28. The number of hydrogen-bond acceptors (Lipinski definition) is 8. The Balaban J connectivity index is 1.22. The van der Waals surface area contributed by atoms with Crippen molar-refractivity contribution < 1.29 is 38.0 Å². The summed E-state index contributed by atoms with van der Waals surface area (Å²) in [5.74, 6) is 3.20. The van der Waals surface area contributed by atoms with E-state index in [1.54, 1.807) is 54.8 Å². The second-order valence-corrected chi connectivity index (χ2v) is 12.1. The molecule has 3 aliphatic rings. The number of rotatable bonds is 12. The van der Waals surface area contributed by atoms with Crippen molar-refractivity contribution >= 4 is 24.0 Å². The Hall–Kier alpha value is -4.86. The fourth-order valence-electron chi connectivity index (χ4n) is 6.83. The maximum absolute atomic E-state index is 13.1. The first-order valence-corrected chi connectivity index (χ1v) is 16.4. The van der Waals surface area contributed by atoms with Gasteiger partial charge in [0.05, 0.1) is 42.7 Å². The van der Waals surface area contributed by atoms with Crippen molar-refractivity contribution in [3.05, 3.63) is 69.8 Å². The second-order valence-electron chi connectivity index (χ2n) is 12.1. The fraction of sp³-hybridized carbons (Fsp3) is 0.421. The van der Waals surface area contributed by atoms with Crippen LogP contribution in [0.5, 0.6) is 34.5 Å². The van der Waals surface area contributed by atoms with E-state index in [1.807, 2.05) is 36.4 Å². The summed E-state index contributed by atoms with van der Waals surface area (Å²) in [4.78, 5) is 26.1. The van der Waals surface area contributed by atoms with Crippen molar-refractivity contribution in [2.45, 2.75) is 63.5 Å². The maximum Gasteiger partial charge on any atom is 0.244 e. The summed E-state index contributed by atoms with van der Waals surface area (Å²) in [6.45, 7) is 0. The molecule has 48 heavy (non-hydrogen) atoms. The SMILES string of the molecule is COc1cc2c(c(OC)c1OC)C=C(/C=C/C(=O)NC1CCCCC1NC(=O)/C=C/C1=Cc3c(cc(OC)c(OC)c3OC)CC1)CC2. The highest BCUT2D eigenvalue weighted by Gasteiger charge is 2.28. The summed E-state index contributed by atoms with van der Waals surface area (Å²) in [6.07, 6.45) is 17.6. The van der Waals surface area contributed by atoms with Crippen LogP contribution in [0.15, 0.2) is 47.6 Å². The van der Waals surface area contributed by atoms with Crippen molar-refractivity contribution in [2.75, 3.05) is 42.7 Å². The number of nitrogens with one attached hydrogen (secondary N) is 2. The first kappa shape index (κ1) is 34.5. The lowest BCUT2D eigenvalue weighted by Gasteiger charge is -2.32. The van der Waals surface area contributed by atoms with E-state index >= 15 is 0 Å². The normalized spacial score (nSPS) is 18.6. The van der Waals surface area contributed by atoms with Gasteiger partial charge in [-0.15, -0.1) is 0 Å². The Kier molecular flexibility index (Phi) is 11.4. The predicted molar refractivity (Wildman–Crippen MR) is 185 cm³/mol. The quantitative estimate of drug-likeness (QED) is 0.277. The van der Waals surface area contributed by atoms with Crippen LogP contribution >= 0.6 is 0 Å². The smallest absolute Gasteiger partial charge is 0.244 e. The van der Waals surface area contributed by atoms with Crippen LogP contribution in [0.3, 0.4) is 0 Å². The number of benzene rings is 2. The number of aryl methyl sites for hydroxylation is 2. The van der Waals surface area contributed by atoms with E-state index in [2.05, 4.69) is 10.6 Å². The third kappa shape index (κ3) is 7.48. The van der Waals surface area contributed by atoms with E-state index in [0.29, 0.717) is 34.5 Å². The van der Waals surface area contributed by atoms with Gasteiger partial charge in [0.2, 0.25) is 23.3 Å². The molecular formula is C38H46N2O8. The van der Waals surface area contributed by atoms with Crippen molar-refractivity contribution in [2.24, 2.45) is 0 Å². The van der Waals surface area contributed by atoms with Gasteiger partial charge in [-0.2, -0.15) is 0 Å². The number of fused-ring (bicyclic) bond motifs is 2. The lowest BCUT2D eigenvalue weighted by Crippen LogP contribution is -2.52. The standard InChI is InChI=1S/C38H46N2O8/c1-43-31-21-25-15-11-23(19-27(25)35(45-3)37(31)47-5)13-17-33(41)39-29-9-7-8-10-30(29)40-34(42)18-14-24-12-16-26-22-32(44-2)38(48-6)36(46-4)28(26)20-24/h13-14,17-22,29-30H,7-12,15-16H2,1-6H3,(H,39,41)(H,40,42)/b17-13+,18-14+. The van der Waals surface area contributed by atoms with Crippen LogP contribution in [0, 0.1) is 0 Å². The largest absolute Gasteiger partial charge is 0.493 e. The highest BCUT2D eigenvalue weighted by atomic mass is 16.5. The third-order valence-corrected chi connectivity index (χ3v) is 9.25. The highest BCUT2D eigenvalue weighted by Crippen LogP contribution is 2.46. The third-order valence-electron chi connectivity index (χ3n) is 9.25. The van der Waals surface area contributed by atoms with E-state index in [9.17, 15) is 9.59 Å². The van der Waals surface area contributed by atoms with Crippen LogP contribution in [0.1, 0.15) is 60.8 Å². The summed E-state index contributed by atoms with van der Waals surface area (Å²) >= 11 is 0. The van der Waals surface area contributed by atoms with Gasteiger partial charge in [0, 0.05) is 35.4 Å². The zero-order chi connectivity index (χ0) is 34.2. The van der Waals surface area contributed by atoms with Crippen molar-refractivity contribution in [1.82, 2.24) is 10.6 Å². The molecule has 2 amide bonds. The minimum atomic E-state index is -0.185. The van der Waals surface area contributed by atoms with Crippen LogP contribution in [0.2, 0.25) is 0 Å². The number of carbonyl (C=O) groups is 2.